The summed E-state index contributed by atoms with van der Waals surface area (Å²) in [5.41, 5.74) is 6.10. The van der Waals surface area contributed by atoms with Crippen molar-refractivity contribution >= 4 is 17.5 Å². The number of nitrogens with two attached hydrogens (primary N) is 1. The van der Waals surface area contributed by atoms with Crippen LogP contribution in [0.15, 0.2) is 32.2 Å². The lowest BCUT2D eigenvalue weighted by Crippen LogP contribution is -2.21. The highest BCUT2D eigenvalue weighted by atomic mass is 16.1. The molecule has 2 aliphatic heterocycles. The zero-order chi connectivity index (χ0) is 8.55. The van der Waals surface area contributed by atoms with Crippen molar-refractivity contribution in [3.05, 3.63) is 11.8 Å². The van der Waals surface area contributed by atoms with Crippen molar-refractivity contribution < 1.29 is 4.79 Å². The van der Waals surface area contributed by atoms with E-state index in [2.05, 4.69) is 20.4 Å². The molecule has 1 amide bonds. The fourth-order valence-corrected chi connectivity index (χ4v) is 0.952. The molecule has 12 heavy (non-hydrogen) atoms. The first-order valence-corrected chi connectivity index (χ1v) is 3.32. The van der Waals surface area contributed by atoms with Gasteiger partial charge in [0.1, 0.15) is 5.71 Å². The standard InChI is InChI=1S/C6H5N5O/c7-5(12)3-1-4-6(8-2-3)10-11-9-4/h2H,1H2,(H2,7,12). The molecular weight excluding hydrogens is 158 g/mol. The number of nitrogens with zero attached hydrogens (tertiary/aromatic N) is 4. The van der Waals surface area contributed by atoms with E-state index in [1.165, 1.54) is 6.20 Å². The van der Waals surface area contributed by atoms with Crippen molar-refractivity contribution in [1.29, 1.82) is 0 Å². The molecule has 0 aromatic rings. The van der Waals surface area contributed by atoms with Crippen LogP contribution >= 0.6 is 0 Å². The van der Waals surface area contributed by atoms with E-state index in [9.17, 15) is 4.79 Å². The van der Waals surface area contributed by atoms with Crippen LogP contribution in [-0.2, 0) is 4.79 Å². The van der Waals surface area contributed by atoms with Gasteiger partial charge >= 0.3 is 0 Å². The van der Waals surface area contributed by atoms with E-state index in [0.29, 0.717) is 23.5 Å². The van der Waals surface area contributed by atoms with E-state index in [4.69, 9.17) is 5.73 Å². The van der Waals surface area contributed by atoms with Crippen molar-refractivity contribution in [1.82, 2.24) is 0 Å². The SMILES string of the molecule is NC(=O)C1=CN=C2N=NN=C2C1. The quantitative estimate of drug-likeness (QED) is 0.577. The van der Waals surface area contributed by atoms with E-state index in [1.54, 1.807) is 0 Å². The fraction of sp³-hybridized carbons (Fsp3) is 0.167. The second-order valence-corrected chi connectivity index (χ2v) is 2.38. The molecule has 0 unspecified atom stereocenters. The molecule has 0 aliphatic carbocycles. The maximum atomic E-state index is 10.7. The van der Waals surface area contributed by atoms with Crippen LogP contribution in [0, 0.1) is 0 Å². The number of hydrogen-bond donors (Lipinski definition) is 1. The maximum Gasteiger partial charge on any atom is 0.246 e. The van der Waals surface area contributed by atoms with Crippen molar-refractivity contribution in [2.45, 2.75) is 6.42 Å². The first kappa shape index (κ1) is 6.84. The molecule has 6 heteroatoms. The van der Waals surface area contributed by atoms with E-state index in [0.717, 1.165) is 0 Å². The second-order valence-electron chi connectivity index (χ2n) is 2.38. The summed E-state index contributed by atoms with van der Waals surface area (Å²) in [5, 5.41) is 10.7. The third-order valence-electron chi connectivity index (χ3n) is 1.58. The van der Waals surface area contributed by atoms with Gasteiger partial charge in [0.05, 0.1) is 0 Å². The molecule has 0 aromatic carbocycles. The first-order valence-electron chi connectivity index (χ1n) is 3.32. The molecule has 2 rings (SSSR count). The van der Waals surface area contributed by atoms with Crippen LogP contribution in [0.3, 0.4) is 0 Å². The van der Waals surface area contributed by atoms with Crippen LogP contribution < -0.4 is 5.73 Å². The number of aliphatic imine (C=N–C) groups is 1. The number of carbonyl (C=O) groups excluding carboxylic acids is 1. The third-order valence-corrected chi connectivity index (χ3v) is 1.58. The van der Waals surface area contributed by atoms with Crippen LogP contribution in [0.2, 0.25) is 0 Å². The van der Waals surface area contributed by atoms with Crippen molar-refractivity contribution in [2.24, 2.45) is 26.2 Å². The van der Waals surface area contributed by atoms with Crippen LogP contribution in [-0.4, -0.2) is 17.5 Å². The Kier molecular flexibility index (Phi) is 1.33. The Morgan fingerprint density at radius 1 is 1.58 bits per heavy atom. The lowest BCUT2D eigenvalue weighted by molar-refractivity contribution is -0.114. The van der Waals surface area contributed by atoms with E-state index >= 15 is 0 Å². The smallest absolute Gasteiger partial charge is 0.246 e. The highest BCUT2D eigenvalue weighted by Gasteiger charge is 2.21. The number of fused-ring (bicyclic) bond motifs is 1. The summed E-state index contributed by atoms with van der Waals surface area (Å²) in [5.74, 6) is -0.00704. The van der Waals surface area contributed by atoms with Gasteiger partial charge in [-0.05, 0) is 5.22 Å². The van der Waals surface area contributed by atoms with Gasteiger partial charge < -0.3 is 5.73 Å². The van der Waals surface area contributed by atoms with E-state index in [-0.39, 0.29) is 0 Å². The van der Waals surface area contributed by atoms with Gasteiger partial charge in [-0.25, -0.2) is 4.99 Å². The number of amidine groups is 1. The van der Waals surface area contributed by atoms with Crippen LogP contribution in [0.4, 0.5) is 0 Å². The van der Waals surface area contributed by atoms with Gasteiger partial charge in [0.25, 0.3) is 0 Å². The van der Waals surface area contributed by atoms with E-state index in [1.807, 2.05) is 0 Å². The minimum atomic E-state index is -0.479. The summed E-state index contributed by atoms with van der Waals surface area (Å²) >= 11 is 0. The number of carbonyl (C=O) groups is 1. The topological polar surface area (TPSA) is 92.5 Å². The maximum absolute atomic E-state index is 10.7. The Hall–Kier alpha value is -1.85. The second kappa shape index (κ2) is 2.33. The van der Waals surface area contributed by atoms with Gasteiger partial charge in [-0.1, -0.05) is 0 Å². The Bertz CT molecular complexity index is 362. The molecule has 60 valence electrons. The number of rotatable bonds is 1. The lowest BCUT2D eigenvalue weighted by atomic mass is 10.1. The van der Waals surface area contributed by atoms with Gasteiger partial charge in [-0.2, -0.15) is 0 Å². The molecule has 0 spiro atoms. The minimum absolute atomic E-state index is 0.376. The van der Waals surface area contributed by atoms with Gasteiger partial charge in [-0.15, -0.1) is 10.2 Å². The van der Waals surface area contributed by atoms with Crippen molar-refractivity contribution in [3.8, 4) is 0 Å². The zero-order valence-corrected chi connectivity index (χ0v) is 6.06. The molecule has 0 atom stereocenters. The summed E-state index contributed by atoms with van der Waals surface area (Å²) in [6, 6.07) is 0. The molecule has 2 N–H and O–H groups in total. The normalized spacial score (nSPS) is 19.5. The monoisotopic (exact) mass is 163 g/mol. The summed E-state index contributed by atoms with van der Waals surface area (Å²) in [4.78, 5) is 14.6. The molecule has 0 fully saturated rings. The molecule has 0 saturated heterocycles. The third kappa shape index (κ3) is 0.931. The number of hydrogen-bond acceptors (Lipinski definition) is 5. The summed E-state index contributed by atoms with van der Waals surface area (Å²) in [7, 11) is 0. The average molecular weight is 163 g/mol. The molecule has 0 radical (unpaired) electrons. The van der Waals surface area contributed by atoms with Crippen LogP contribution in [0.25, 0.3) is 0 Å². The molecule has 0 bridgehead atoms. The van der Waals surface area contributed by atoms with Gasteiger partial charge in [-0.3, -0.25) is 4.79 Å². The summed E-state index contributed by atoms with van der Waals surface area (Å²) < 4.78 is 0. The highest BCUT2D eigenvalue weighted by Crippen LogP contribution is 2.14. The number of primary amides is 1. The Morgan fingerprint density at radius 2 is 2.42 bits per heavy atom. The van der Waals surface area contributed by atoms with Gasteiger partial charge in [0, 0.05) is 18.2 Å². The van der Waals surface area contributed by atoms with Gasteiger partial charge in [0.2, 0.25) is 5.91 Å². The molecule has 0 aromatic heterocycles. The number of amides is 1. The lowest BCUT2D eigenvalue weighted by Gasteiger charge is -2.05. The fourth-order valence-electron chi connectivity index (χ4n) is 0.952. The molecule has 2 heterocycles. The molecular formula is C6H5N5O. The largest absolute Gasteiger partial charge is 0.366 e. The molecule has 0 saturated carbocycles. The Labute approximate surface area is 67.6 Å². The summed E-state index contributed by atoms with van der Waals surface area (Å²) in [6.45, 7) is 0. The molecule has 2 aliphatic rings. The predicted molar refractivity (Wildman–Crippen MR) is 41.6 cm³/mol. The summed E-state index contributed by atoms with van der Waals surface area (Å²) in [6.07, 6.45) is 1.78. The molecule has 6 nitrogen and oxygen atoms in total. The predicted octanol–water partition coefficient (Wildman–Crippen LogP) is -0.0204. The Balaban J connectivity index is 2.33. The van der Waals surface area contributed by atoms with E-state index < -0.39 is 5.91 Å². The average Bonchev–Trinajstić information content (AvgIpc) is 2.49. The zero-order valence-electron chi connectivity index (χ0n) is 6.06. The van der Waals surface area contributed by atoms with Crippen molar-refractivity contribution in [2.75, 3.05) is 0 Å². The van der Waals surface area contributed by atoms with Crippen LogP contribution in [0.5, 0.6) is 0 Å². The first-order chi connectivity index (χ1) is 5.77. The Morgan fingerprint density at radius 3 is 3.17 bits per heavy atom. The van der Waals surface area contributed by atoms with Gasteiger partial charge in [0.15, 0.2) is 5.84 Å². The minimum Gasteiger partial charge on any atom is -0.366 e. The van der Waals surface area contributed by atoms with Crippen LogP contribution in [0.1, 0.15) is 6.42 Å². The van der Waals surface area contributed by atoms with Crippen molar-refractivity contribution in [3.63, 3.8) is 0 Å². The highest BCUT2D eigenvalue weighted by molar-refractivity contribution is 6.44.